The molecule has 0 saturated heterocycles. The fraction of sp³-hybridized carbons (Fsp3) is 0.562. The summed E-state index contributed by atoms with van der Waals surface area (Å²) in [6, 6.07) is 5.24. The van der Waals surface area contributed by atoms with E-state index in [1.54, 1.807) is 0 Å². The second-order valence-electron chi connectivity index (χ2n) is 7.07. The molecule has 1 unspecified atom stereocenters. The van der Waals surface area contributed by atoms with Crippen molar-refractivity contribution in [3.05, 3.63) is 26.8 Å². The first-order valence-electron chi connectivity index (χ1n) is 6.67. The highest BCUT2D eigenvalue weighted by atomic mass is 127. The summed E-state index contributed by atoms with van der Waals surface area (Å²) in [5, 5.41) is 0. The average molecular weight is 406 g/mol. The Labute approximate surface area is 137 Å². The van der Waals surface area contributed by atoms with Gasteiger partial charge in [0.25, 0.3) is 0 Å². The number of carbonyl (C=O) groups is 1. The quantitative estimate of drug-likeness (QED) is 0.378. The van der Waals surface area contributed by atoms with Crippen LogP contribution in [0.4, 0.5) is 0 Å². The third kappa shape index (κ3) is 4.42. The van der Waals surface area contributed by atoms with E-state index in [-0.39, 0.29) is 10.8 Å². The Kier molecular flexibility index (Phi) is 5.65. The van der Waals surface area contributed by atoms with Gasteiger partial charge in [0.1, 0.15) is 13.9 Å². The monoisotopic (exact) mass is 406 g/mol. The lowest BCUT2D eigenvalue weighted by Gasteiger charge is -2.30. The SMILES string of the molecule is CP(C=O)Oc1c(C(C)(C)C)cc(I)cc1C(C)(C)C. The van der Waals surface area contributed by atoms with Gasteiger partial charge in [-0.2, -0.15) is 0 Å². The van der Waals surface area contributed by atoms with Gasteiger partial charge in [-0.15, -0.1) is 0 Å². The summed E-state index contributed by atoms with van der Waals surface area (Å²) in [5.41, 5.74) is 2.31. The summed E-state index contributed by atoms with van der Waals surface area (Å²) in [4.78, 5) is 11.0. The largest absolute Gasteiger partial charge is 0.466 e. The third-order valence-corrected chi connectivity index (χ3v) is 4.44. The highest BCUT2D eigenvalue weighted by Gasteiger charge is 2.28. The van der Waals surface area contributed by atoms with Crippen molar-refractivity contribution in [2.75, 3.05) is 6.66 Å². The van der Waals surface area contributed by atoms with Gasteiger partial charge in [0.15, 0.2) is 6.03 Å². The predicted octanol–water partition coefficient (Wildman–Crippen LogP) is 5.48. The number of rotatable bonds is 3. The van der Waals surface area contributed by atoms with Crippen molar-refractivity contribution in [3.63, 3.8) is 0 Å². The predicted molar refractivity (Wildman–Crippen MR) is 96.8 cm³/mol. The summed E-state index contributed by atoms with van der Waals surface area (Å²) in [6.07, 6.45) is 0. The van der Waals surface area contributed by atoms with Crippen molar-refractivity contribution in [2.45, 2.75) is 52.4 Å². The molecule has 4 heteroatoms. The zero-order valence-corrected chi connectivity index (χ0v) is 16.4. The normalized spacial score (nSPS) is 14.0. The molecule has 20 heavy (non-hydrogen) atoms. The Morgan fingerprint density at radius 1 is 1.05 bits per heavy atom. The van der Waals surface area contributed by atoms with Crippen molar-refractivity contribution in [1.82, 2.24) is 0 Å². The Bertz CT molecular complexity index is 463. The summed E-state index contributed by atoms with van der Waals surface area (Å²) in [6.45, 7) is 14.9. The van der Waals surface area contributed by atoms with Gasteiger partial charge in [-0.3, -0.25) is 4.79 Å². The van der Waals surface area contributed by atoms with E-state index in [2.05, 4.69) is 76.3 Å². The summed E-state index contributed by atoms with van der Waals surface area (Å²) < 4.78 is 7.23. The molecule has 0 N–H and O–H groups in total. The number of carbonyl (C=O) groups excluding carboxylic acids is 1. The number of hydrogen-bond acceptors (Lipinski definition) is 2. The Morgan fingerprint density at radius 3 is 1.75 bits per heavy atom. The van der Waals surface area contributed by atoms with Crippen LogP contribution < -0.4 is 4.52 Å². The molecule has 0 spiro atoms. The second kappa shape index (κ2) is 6.31. The molecule has 1 aromatic rings. The van der Waals surface area contributed by atoms with Crippen molar-refractivity contribution >= 4 is 36.8 Å². The van der Waals surface area contributed by atoms with Crippen molar-refractivity contribution < 1.29 is 9.32 Å². The molecule has 0 bridgehead atoms. The van der Waals surface area contributed by atoms with E-state index in [9.17, 15) is 4.79 Å². The van der Waals surface area contributed by atoms with Crippen LogP contribution in [0.1, 0.15) is 52.7 Å². The van der Waals surface area contributed by atoms with E-state index in [4.69, 9.17) is 4.52 Å². The Hall–Kier alpha value is -0.150. The van der Waals surface area contributed by atoms with E-state index in [0.717, 1.165) is 11.8 Å². The minimum atomic E-state index is -1.07. The lowest BCUT2D eigenvalue weighted by molar-refractivity contribution is 0.502. The van der Waals surface area contributed by atoms with Crippen LogP contribution in [0.15, 0.2) is 12.1 Å². The maximum atomic E-state index is 11.0. The molecule has 1 aromatic carbocycles. The maximum absolute atomic E-state index is 11.0. The van der Waals surface area contributed by atoms with Gasteiger partial charge < -0.3 is 4.52 Å². The van der Waals surface area contributed by atoms with Crippen LogP contribution in [0.5, 0.6) is 5.75 Å². The van der Waals surface area contributed by atoms with Crippen molar-refractivity contribution in [2.24, 2.45) is 0 Å². The van der Waals surface area contributed by atoms with E-state index >= 15 is 0 Å². The van der Waals surface area contributed by atoms with Crippen molar-refractivity contribution in [3.8, 4) is 5.75 Å². The first kappa shape index (κ1) is 17.9. The first-order valence-corrected chi connectivity index (χ1v) is 9.53. The zero-order chi connectivity index (χ0) is 15.7. The van der Waals surface area contributed by atoms with Gasteiger partial charge in [0, 0.05) is 14.7 Å². The number of hydrogen-bond donors (Lipinski definition) is 0. The van der Waals surface area contributed by atoms with Crippen molar-refractivity contribution in [1.29, 1.82) is 0 Å². The molecule has 0 aromatic heterocycles. The van der Waals surface area contributed by atoms with Crippen LogP contribution >= 0.6 is 30.7 Å². The molecule has 0 radical (unpaired) electrons. The molecular formula is C16H24IO2P. The van der Waals surface area contributed by atoms with Crippen LogP contribution in [-0.4, -0.2) is 12.7 Å². The maximum Gasteiger partial charge on any atom is 0.181 e. The Morgan fingerprint density at radius 2 is 1.45 bits per heavy atom. The minimum Gasteiger partial charge on any atom is -0.466 e. The molecule has 2 nitrogen and oxygen atoms in total. The lowest BCUT2D eigenvalue weighted by Crippen LogP contribution is -2.19. The lowest BCUT2D eigenvalue weighted by atomic mass is 9.79. The summed E-state index contributed by atoms with van der Waals surface area (Å²) in [7, 11) is -1.07. The van der Waals surface area contributed by atoms with Crippen LogP contribution in [0, 0.1) is 3.57 Å². The number of halogens is 1. The molecule has 0 aliphatic rings. The van der Waals surface area contributed by atoms with Gasteiger partial charge in [0.05, 0.1) is 0 Å². The van der Waals surface area contributed by atoms with Gasteiger partial charge in [0.2, 0.25) is 0 Å². The molecule has 0 aliphatic carbocycles. The van der Waals surface area contributed by atoms with Crippen LogP contribution in [-0.2, 0) is 15.6 Å². The van der Waals surface area contributed by atoms with Gasteiger partial charge in [-0.05, 0) is 52.2 Å². The first-order chi connectivity index (χ1) is 8.96. The third-order valence-electron chi connectivity index (χ3n) is 3.05. The van der Waals surface area contributed by atoms with E-state index < -0.39 is 8.15 Å². The van der Waals surface area contributed by atoms with E-state index in [1.165, 1.54) is 14.7 Å². The number of benzene rings is 1. The smallest absolute Gasteiger partial charge is 0.181 e. The molecule has 0 fully saturated rings. The van der Waals surface area contributed by atoms with Crippen LogP contribution in [0.3, 0.4) is 0 Å². The highest BCUT2D eigenvalue weighted by Crippen LogP contribution is 2.45. The van der Waals surface area contributed by atoms with E-state index in [1.807, 2.05) is 6.66 Å². The second-order valence-corrected chi connectivity index (χ2v) is 9.80. The minimum absolute atomic E-state index is 0.0183. The molecule has 1 rings (SSSR count). The molecular weight excluding hydrogens is 382 g/mol. The molecule has 0 amide bonds. The Balaban J connectivity index is 3.58. The van der Waals surface area contributed by atoms with Gasteiger partial charge in [-0.25, -0.2) is 0 Å². The highest BCUT2D eigenvalue weighted by molar-refractivity contribution is 14.1. The molecule has 112 valence electrons. The standard InChI is InChI=1S/C16H24IO2P/c1-15(2,3)12-8-11(17)9-13(16(4,5)6)14(12)19-20(7)10-18/h8-10H,1-7H3. The van der Waals surface area contributed by atoms with Crippen LogP contribution in [0.25, 0.3) is 0 Å². The summed E-state index contributed by atoms with van der Waals surface area (Å²) >= 11 is 2.35. The summed E-state index contributed by atoms with van der Waals surface area (Å²) in [5.74, 6) is 0.895. The fourth-order valence-electron chi connectivity index (χ4n) is 1.97. The molecule has 0 aliphatic heterocycles. The van der Waals surface area contributed by atoms with Gasteiger partial charge >= 0.3 is 0 Å². The molecule has 0 saturated carbocycles. The molecule has 1 atom stereocenters. The van der Waals surface area contributed by atoms with Gasteiger partial charge in [-0.1, -0.05) is 41.5 Å². The topological polar surface area (TPSA) is 26.3 Å². The average Bonchev–Trinajstić information content (AvgIpc) is 2.27. The van der Waals surface area contributed by atoms with Crippen LogP contribution in [0.2, 0.25) is 0 Å². The molecule has 0 heterocycles. The zero-order valence-electron chi connectivity index (χ0n) is 13.4. The van der Waals surface area contributed by atoms with E-state index in [0.29, 0.717) is 0 Å². The fourth-order valence-corrected chi connectivity index (χ4v) is 3.12.